The van der Waals surface area contributed by atoms with E-state index in [-0.39, 0.29) is 5.41 Å². The first-order valence-corrected chi connectivity index (χ1v) is 12.6. The van der Waals surface area contributed by atoms with Crippen LogP contribution in [0.3, 0.4) is 0 Å². The Hall–Kier alpha value is -2.36. The number of quaternary nitrogens is 1. The number of likely N-dealkylation sites (N-methyl/N-ethyl adjacent to an activating group) is 2. The van der Waals surface area contributed by atoms with Crippen molar-refractivity contribution in [1.29, 1.82) is 0 Å². The lowest BCUT2D eigenvalue weighted by atomic mass is 9.74. The van der Waals surface area contributed by atoms with Crippen molar-refractivity contribution in [2.45, 2.75) is 53.9 Å². The van der Waals surface area contributed by atoms with Crippen LogP contribution < -0.4 is 10.2 Å². The lowest BCUT2D eigenvalue weighted by molar-refractivity contribution is 0.295. The minimum Gasteiger partial charge on any atom is -0.398 e. The molecule has 3 heteroatoms. The third-order valence-corrected chi connectivity index (χ3v) is 6.73. The monoisotopic (exact) mass is 466 g/mol. The molecule has 2 rings (SSSR count). The first-order chi connectivity index (χ1) is 16.0. The van der Waals surface area contributed by atoms with Crippen LogP contribution in [-0.2, 0) is 0 Å². The molecule has 0 aromatic heterocycles. The molecule has 1 heterocycles. The maximum atomic E-state index is 6.92. The summed E-state index contributed by atoms with van der Waals surface area (Å²) in [5, 5.41) is 0. The number of rotatable bonds is 8. The molecule has 0 amide bonds. The number of allylic oxidation sites excluding steroid dienone is 3. The van der Waals surface area contributed by atoms with Crippen LogP contribution in [0.2, 0.25) is 0 Å². The number of nitrogens with two attached hydrogens (primary N) is 1. The van der Waals surface area contributed by atoms with Gasteiger partial charge >= 0.3 is 0 Å². The van der Waals surface area contributed by atoms with Gasteiger partial charge in [0.1, 0.15) is 12.2 Å². The average molecular weight is 467 g/mol. The van der Waals surface area contributed by atoms with E-state index in [4.69, 9.17) is 5.73 Å². The maximum Gasteiger partial charge on any atom is 0.142 e. The van der Waals surface area contributed by atoms with Crippen LogP contribution in [0, 0.1) is 5.41 Å². The smallest absolute Gasteiger partial charge is 0.142 e. The van der Waals surface area contributed by atoms with Crippen molar-refractivity contribution in [3.8, 4) is 0 Å². The fourth-order valence-electron chi connectivity index (χ4n) is 4.09. The van der Waals surface area contributed by atoms with Crippen molar-refractivity contribution in [3.63, 3.8) is 0 Å². The lowest BCUT2D eigenvalue weighted by Crippen LogP contribution is -2.51. The molecule has 0 saturated heterocycles. The zero-order valence-corrected chi connectivity index (χ0v) is 23.5. The lowest BCUT2D eigenvalue weighted by Gasteiger charge is -2.40. The van der Waals surface area contributed by atoms with Crippen LogP contribution >= 0.6 is 0 Å². The summed E-state index contributed by atoms with van der Waals surface area (Å²) in [7, 11) is 6.55. The summed E-state index contributed by atoms with van der Waals surface area (Å²) in [4.78, 5) is 2.24. The van der Waals surface area contributed by atoms with E-state index >= 15 is 0 Å². The number of nitrogens with zero attached hydrogens (tertiary/aromatic N) is 2. The van der Waals surface area contributed by atoms with Crippen LogP contribution in [0.1, 0.15) is 59.4 Å². The van der Waals surface area contributed by atoms with Gasteiger partial charge in [-0.15, -0.1) is 13.2 Å². The highest BCUT2D eigenvalue weighted by atomic mass is 15.3. The van der Waals surface area contributed by atoms with E-state index in [9.17, 15) is 0 Å². The Kier molecular flexibility index (Phi) is 13.8. The highest BCUT2D eigenvalue weighted by molar-refractivity contribution is 5.81. The largest absolute Gasteiger partial charge is 0.398 e. The molecule has 0 saturated carbocycles. The summed E-state index contributed by atoms with van der Waals surface area (Å²) in [6, 6.07) is 8.61. The summed E-state index contributed by atoms with van der Waals surface area (Å²) in [6.45, 7) is 28.3. The number of benzene rings is 1. The third-order valence-electron chi connectivity index (χ3n) is 6.73. The van der Waals surface area contributed by atoms with Crippen molar-refractivity contribution in [2.24, 2.45) is 11.1 Å². The second-order valence-electron chi connectivity index (χ2n) is 9.97. The number of para-hydroxylation sites is 1. The van der Waals surface area contributed by atoms with E-state index in [0.717, 1.165) is 47.4 Å². The molecule has 0 radical (unpaired) electrons. The van der Waals surface area contributed by atoms with Crippen molar-refractivity contribution in [1.82, 2.24) is 9.38 Å². The predicted molar refractivity (Wildman–Crippen MR) is 157 cm³/mol. The van der Waals surface area contributed by atoms with Crippen LogP contribution in [0.25, 0.3) is 5.70 Å². The van der Waals surface area contributed by atoms with Gasteiger partial charge in [-0.05, 0) is 49.2 Å². The number of unbranched alkanes of at least 4 members (excludes halogenated alkanes) is 1. The molecule has 1 aliphatic rings. The Balaban J connectivity index is 0.00000164. The molecule has 1 unspecified atom stereocenters. The molecule has 2 N–H and O–H groups in total. The zero-order valence-electron chi connectivity index (χ0n) is 23.5. The molecule has 1 aliphatic heterocycles. The predicted octanol–water partition coefficient (Wildman–Crippen LogP) is 7.58. The van der Waals surface area contributed by atoms with Gasteiger partial charge in [0.2, 0.25) is 0 Å². The van der Waals surface area contributed by atoms with Gasteiger partial charge in [-0.3, -0.25) is 4.48 Å². The van der Waals surface area contributed by atoms with Crippen LogP contribution in [0.15, 0.2) is 79.5 Å². The molecular weight excluding hydrogens is 414 g/mol. The molecule has 3 nitrogen and oxygen atoms in total. The standard InChI is InChI=1S/C25H38N3.C4H10.C2H4/c1-9-19-18-28(8,17-16-27(6)7)22-15-13-12-14-21(22)24(26)23(20(19)10-2)25(4,5)11-3;1-3-4-2;1-2/h9-10,12-15H,1-2,11,16-18,26H2,3-8H3;3-4H2,1-2H3;1-2H2/q+1;;/b20-19-,24-23-;;. The normalized spacial score (nSPS) is 22.3. The minimum atomic E-state index is -0.0562. The molecule has 1 atom stereocenters. The molecule has 0 fully saturated rings. The first kappa shape index (κ1) is 31.6. The van der Waals surface area contributed by atoms with Gasteiger partial charge < -0.3 is 10.6 Å². The second kappa shape index (κ2) is 14.8. The SMILES string of the molecule is C=C.C=C/C1=C(C=C)/C(C(C)(C)CC)=C(/N)c2ccccc2[N+](C)(CCN(C)C)C1.CCCC. The summed E-state index contributed by atoms with van der Waals surface area (Å²) in [5.74, 6) is 0. The Bertz CT molecular complexity index is 855. The maximum absolute atomic E-state index is 6.92. The Morgan fingerprint density at radius 3 is 2.03 bits per heavy atom. The first-order valence-electron chi connectivity index (χ1n) is 12.6. The number of hydrogen-bond acceptors (Lipinski definition) is 2. The Morgan fingerprint density at radius 2 is 1.59 bits per heavy atom. The molecule has 0 bridgehead atoms. The average Bonchev–Trinajstić information content (AvgIpc) is 2.85. The highest BCUT2D eigenvalue weighted by Gasteiger charge is 2.36. The van der Waals surface area contributed by atoms with Gasteiger partial charge in [-0.2, -0.15) is 0 Å². The van der Waals surface area contributed by atoms with E-state index < -0.39 is 0 Å². The van der Waals surface area contributed by atoms with Crippen LogP contribution in [-0.4, -0.2) is 45.7 Å². The fraction of sp³-hybridized carbons (Fsp3) is 0.484. The summed E-state index contributed by atoms with van der Waals surface area (Å²) in [6.07, 6.45) is 7.61. The molecule has 1 aromatic rings. The van der Waals surface area contributed by atoms with Crippen LogP contribution in [0.5, 0.6) is 0 Å². The summed E-state index contributed by atoms with van der Waals surface area (Å²) < 4.78 is 0.785. The molecular formula is C31H52N3+. The molecule has 1 aromatic carbocycles. The quantitative estimate of drug-likeness (QED) is 0.316. The topological polar surface area (TPSA) is 29.3 Å². The molecule has 0 spiro atoms. The highest BCUT2D eigenvalue weighted by Crippen LogP contribution is 2.44. The van der Waals surface area contributed by atoms with E-state index in [1.165, 1.54) is 29.7 Å². The van der Waals surface area contributed by atoms with E-state index in [1.807, 2.05) is 12.2 Å². The molecule has 190 valence electrons. The van der Waals surface area contributed by atoms with Gasteiger partial charge in [0.15, 0.2) is 0 Å². The van der Waals surface area contributed by atoms with Gasteiger partial charge in [0.25, 0.3) is 0 Å². The van der Waals surface area contributed by atoms with Crippen molar-refractivity contribution < 1.29 is 0 Å². The van der Waals surface area contributed by atoms with Crippen LogP contribution in [0.4, 0.5) is 5.69 Å². The summed E-state index contributed by atoms with van der Waals surface area (Å²) >= 11 is 0. The number of fused-ring (bicyclic) bond motifs is 1. The van der Waals surface area contributed by atoms with Gasteiger partial charge in [-0.25, -0.2) is 0 Å². The van der Waals surface area contributed by atoms with Gasteiger partial charge in [0, 0.05) is 17.8 Å². The zero-order chi connectivity index (χ0) is 26.5. The second-order valence-corrected chi connectivity index (χ2v) is 9.97. The third kappa shape index (κ3) is 7.85. The van der Waals surface area contributed by atoms with Crippen molar-refractivity contribution >= 4 is 11.4 Å². The molecule has 34 heavy (non-hydrogen) atoms. The van der Waals surface area contributed by atoms with E-state index in [1.54, 1.807) is 0 Å². The van der Waals surface area contributed by atoms with Crippen molar-refractivity contribution in [2.75, 3.05) is 40.8 Å². The Morgan fingerprint density at radius 1 is 1.03 bits per heavy atom. The number of hydrogen-bond donors (Lipinski definition) is 1. The van der Waals surface area contributed by atoms with Gasteiger partial charge in [0.05, 0.1) is 19.2 Å². The van der Waals surface area contributed by atoms with Crippen molar-refractivity contribution in [3.05, 3.63) is 85.0 Å². The fourth-order valence-corrected chi connectivity index (χ4v) is 4.09. The Labute approximate surface area is 211 Å². The molecule has 0 aliphatic carbocycles. The van der Waals surface area contributed by atoms with E-state index in [2.05, 4.69) is 111 Å². The van der Waals surface area contributed by atoms with E-state index in [0.29, 0.717) is 0 Å². The minimum absolute atomic E-state index is 0.0562. The van der Waals surface area contributed by atoms with Gasteiger partial charge in [-0.1, -0.05) is 84.9 Å². The summed E-state index contributed by atoms with van der Waals surface area (Å²) in [5.41, 5.74) is 13.7.